The minimum atomic E-state index is 0.0817. The van der Waals surface area contributed by atoms with E-state index in [2.05, 4.69) is 4.99 Å². The normalized spacial score (nSPS) is 15.3. The Labute approximate surface area is 128 Å². The fraction of sp³-hybridized carbons (Fsp3) is 0.333. The van der Waals surface area contributed by atoms with Gasteiger partial charge >= 0.3 is 0 Å². The monoisotopic (exact) mass is 310 g/mol. The number of allylic oxidation sites excluding steroid dienone is 1. The van der Waals surface area contributed by atoms with Crippen LogP contribution in [0.5, 0.6) is 0 Å². The quantitative estimate of drug-likeness (QED) is 0.865. The molecule has 20 heavy (non-hydrogen) atoms. The maximum absolute atomic E-state index is 11.8. The Bertz CT molecular complexity index is 595. The van der Waals surface area contributed by atoms with Crippen LogP contribution in [0.15, 0.2) is 28.8 Å². The number of nitrogen functional groups attached to an aromatic ring is 1. The number of carbonyl (C=O) groups excluding carboxylic acids is 1. The van der Waals surface area contributed by atoms with E-state index in [-0.39, 0.29) is 18.2 Å². The Morgan fingerprint density at radius 1 is 1.30 bits per heavy atom. The van der Waals surface area contributed by atoms with E-state index in [4.69, 9.17) is 28.9 Å². The lowest BCUT2D eigenvalue weighted by molar-refractivity contribution is -0.114. The number of hydrogen-bond donors (Lipinski definition) is 1. The molecule has 0 saturated carbocycles. The van der Waals surface area contributed by atoms with Gasteiger partial charge in [0.05, 0.1) is 0 Å². The van der Waals surface area contributed by atoms with Crippen molar-refractivity contribution < 1.29 is 4.79 Å². The smallest absolute Gasteiger partial charge is 0.180 e. The van der Waals surface area contributed by atoms with Crippen LogP contribution in [0.4, 0.5) is 5.69 Å². The molecule has 3 nitrogen and oxygen atoms in total. The summed E-state index contributed by atoms with van der Waals surface area (Å²) in [5.41, 5.74) is 8.63. The molecule has 0 spiro atoms. The van der Waals surface area contributed by atoms with E-state index in [1.54, 1.807) is 12.1 Å². The Hall–Kier alpha value is -1.32. The number of dihydropyridines is 1. The number of aliphatic imine (C=N–C) groups is 1. The predicted molar refractivity (Wildman–Crippen MR) is 84.8 cm³/mol. The van der Waals surface area contributed by atoms with Crippen molar-refractivity contribution in [3.63, 3.8) is 0 Å². The Kier molecular flexibility index (Phi) is 4.51. The van der Waals surface area contributed by atoms with Gasteiger partial charge in [-0.05, 0) is 29.7 Å². The molecular weight excluding hydrogens is 295 g/mol. The van der Waals surface area contributed by atoms with E-state index in [9.17, 15) is 4.79 Å². The van der Waals surface area contributed by atoms with Crippen LogP contribution in [0.2, 0.25) is 10.0 Å². The first kappa shape index (κ1) is 15.1. The van der Waals surface area contributed by atoms with Crippen LogP contribution in [0.25, 0.3) is 0 Å². The highest BCUT2D eigenvalue weighted by molar-refractivity contribution is 6.37. The summed E-state index contributed by atoms with van der Waals surface area (Å²) in [4.78, 5) is 16.1. The molecule has 1 aliphatic rings. The molecule has 1 aliphatic heterocycles. The molecule has 0 atom stereocenters. The van der Waals surface area contributed by atoms with Crippen molar-refractivity contribution in [3.8, 4) is 0 Å². The van der Waals surface area contributed by atoms with Gasteiger partial charge in [-0.25, -0.2) is 0 Å². The molecule has 0 radical (unpaired) electrons. The summed E-state index contributed by atoms with van der Waals surface area (Å²) >= 11 is 12.3. The molecule has 1 aromatic carbocycles. The van der Waals surface area contributed by atoms with Crippen molar-refractivity contribution in [2.45, 2.75) is 20.3 Å². The lowest BCUT2D eigenvalue weighted by atomic mass is 9.93. The van der Waals surface area contributed by atoms with E-state index in [0.717, 1.165) is 16.8 Å². The van der Waals surface area contributed by atoms with Crippen molar-refractivity contribution >= 4 is 40.4 Å². The molecule has 0 aromatic heterocycles. The SMILES string of the molecule is CC(C)C1=CC(Cc2c(Cl)cc(N)cc2Cl)=NCC1=O. The first-order valence-electron chi connectivity index (χ1n) is 6.40. The van der Waals surface area contributed by atoms with Crippen molar-refractivity contribution in [2.75, 3.05) is 12.3 Å². The van der Waals surface area contributed by atoms with Gasteiger partial charge in [0.1, 0.15) is 6.54 Å². The molecule has 2 N–H and O–H groups in total. The van der Waals surface area contributed by atoms with Crippen LogP contribution >= 0.6 is 23.2 Å². The number of halogens is 2. The van der Waals surface area contributed by atoms with Crippen LogP contribution in [-0.4, -0.2) is 18.0 Å². The summed E-state index contributed by atoms with van der Waals surface area (Å²) in [6, 6.07) is 3.34. The molecule has 0 saturated heterocycles. The van der Waals surface area contributed by atoms with Gasteiger partial charge < -0.3 is 5.73 Å². The second kappa shape index (κ2) is 5.98. The van der Waals surface area contributed by atoms with E-state index < -0.39 is 0 Å². The highest BCUT2D eigenvalue weighted by atomic mass is 35.5. The van der Waals surface area contributed by atoms with E-state index in [1.807, 2.05) is 19.9 Å². The largest absolute Gasteiger partial charge is 0.399 e. The zero-order valence-corrected chi connectivity index (χ0v) is 12.9. The average Bonchev–Trinajstić information content (AvgIpc) is 2.35. The third kappa shape index (κ3) is 3.22. The molecule has 0 unspecified atom stereocenters. The Balaban J connectivity index is 2.30. The van der Waals surface area contributed by atoms with Gasteiger partial charge in [0.15, 0.2) is 5.78 Å². The molecule has 0 aliphatic carbocycles. The van der Waals surface area contributed by atoms with Crippen LogP contribution in [0, 0.1) is 5.92 Å². The van der Waals surface area contributed by atoms with Gasteiger partial charge in [-0.15, -0.1) is 0 Å². The highest BCUT2D eigenvalue weighted by Crippen LogP contribution is 2.29. The van der Waals surface area contributed by atoms with Gasteiger partial charge in [-0.1, -0.05) is 37.0 Å². The molecule has 0 amide bonds. The molecular formula is C15H16Cl2N2O. The second-order valence-electron chi connectivity index (χ2n) is 5.13. The topological polar surface area (TPSA) is 55.4 Å². The number of rotatable bonds is 3. The van der Waals surface area contributed by atoms with Gasteiger partial charge in [-0.2, -0.15) is 0 Å². The number of anilines is 1. The average molecular weight is 311 g/mol. The molecule has 0 fully saturated rings. The first-order chi connectivity index (χ1) is 9.38. The van der Waals surface area contributed by atoms with Gasteiger partial charge in [0, 0.05) is 33.4 Å². The molecule has 106 valence electrons. The van der Waals surface area contributed by atoms with Gasteiger partial charge in [0.2, 0.25) is 0 Å². The zero-order valence-electron chi connectivity index (χ0n) is 11.4. The molecule has 2 rings (SSSR count). The number of Topliss-reactive ketones (excluding diaryl/α,β-unsaturated/α-hetero) is 1. The lowest BCUT2D eigenvalue weighted by Crippen LogP contribution is -2.20. The highest BCUT2D eigenvalue weighted by Gasteiger charge is 2.19. The van der Waals surface area contributed by atoms with Gasteiger partial charge in [0.25, 0.3) is 0 Å². The summed E-state index contributed by atoms with van der Waals surface area (Å²) in [6.07, 6.45) is 2.35. The summed E-state index contributed by atoms with van der Waals surface area (Å²) in [6.45, 7) is 4.19. The van der Waals surface area contributed by atoms with E-state index >= 15 is 0 Å². The van der Waals surface area contributed by atoms with Crippen LogP contribution in [0.1, 0.15) is 19.4 Å². The summed E-state index contributed by atoms with van der Waals surface area (Å²) < 4.78 is 0. The molecule has 5 heteroatoms. The number of nitrogens with zero attached hydrogens (tertiary/aromatic N) is 1. The standard InChI is InChI=1S/C15H16Cl2N2O/c1-8(2)11-5-10(19-7-15(11)20)6-12-13(16)3-9(18)4-14(12)17/h3-5,8H,6-7,18H2,1-2H3. The summed E-state index contributed by atoms with van der Waals surface area (Å²) in [5, 5.41) is 1.04. The van der Waals surface area contributed by atoms with Crippen LogP contribution < -0.4 is 5.73 Å². The third-order valence-corrected chi connectivity index (χ3v) is 3.89. The second-order valence-corrected chi connectivity index (χ2v) is 5.94. The van der Waals surface area contributed by atoms with Crippen LogP contribution in [-0.2, 0) is 11.2 Å². The van der Waals surface area contributed by atoms with Crippen molar-refractivity contribution in [1.82, 2.24) is 0 Å². The molecule has 0 bridgehead atoms. The maximum atomic E-state index is 11.8. The Morgan fingerprint density at radius 2 is 1.90 bits per heavy atom. The zero-order chi connectivity index (χ0) is 14.9. The summed E-state index contributed by atoms with van der Waals surface area (Å²) in [5.74, 6) is 0.267. The van der Waals surface area contributed by atoms with Crippen molar-refractivity contribution in [3.05, 3.63) is 39.4 Å². The van der Waals surface area contributed by atoms with E-state index in [0.29, 0.717) is 22.2 Å². The number of ketones is 1. The minimum absolute atomic E-state index is 0.0817. The third-order valence-electron chi connectivity index (χ3n) is 3.21. The lowest BCUT2D eigenvalue weighted by Gasteiger charge is -2.16. The van der Waals surface area contributed by atoms with Crippen molar-refractivity contribution in [2.24, 2.45) is 10.9 Å². The number of benzene rings is 1. The predicted octanol–water partition coefficient (Wildman–Crippen LogP) is 3.72. The maximum Gasteiger partial charge on any atom is 0.180 e. The number of nitrogens with two attached hydrogens (primary N) is 1. The van der Waals surface area contributed by atoms with Gasteiger partial charge in [-0.3, -0.25) is 9.79 Å². The van der Waals surface area contributed by atoms with E-state index in [1.165, 1.54) is 0 Å². The first-order valence-corrected chi connectivity index (χ1v) is 7.15. The summed E-state index contributed by atoms with van der Waals surface area (Å²) in [7, 11) is 0. The minimum Gasteiger partial charge on any atom is -0.399 e. The molecule has 1 aromatic rings. The van der Waals surface area contributed by atoms with Crippen molar-refractivity contribution in [1.29, 1.82) is 0 Å². The number of carbonyl (C=O) groups is 1. The van der Waals surface area contributed by atoms with Crippen LogP contribution in [0.3, 0.4) is 0 Å². The fourth-order valence-corrected chi connectivity index (χ4v) is 2.78. The number of hydrogen-bond acceptors (Lipinski definition) is 3. The fourth-order valence-electron chi connectivity index (χ4n) is 2.14. The Morgan fingerprint density at radius 3 is 2.45 bits per heavy atom. The molecule has 1 heterocycles.